The number of benzene rings is 1. The molecule has 1 aromatic heterocycles. The summed E-state index contributed by atoms with van der Waals surface area (Å²) in [6.07, 6.45) is 5.88. The normalized spacial score (nSPS) is 20.5. The van der Waals surface area contributed by atoms with E-state index in [9.17, 15) is 0 Å². The number of hydrogen-bond donors (Lipinski definition) is 0. The van der Waals surface area contributed by atoms with Gasteiger partial charge in [0.1, 0.15) is 5.75 Å². The van der Waals surface area contributed by atoms with E-state index >= 15 is 0 Å². The first-order valence-electron chi connectivity index (χ1n) is 9.72. The van der Waals surface area contributed by atoms with E-state index in [2.05, 4.69) is 51.2 Å². The second-order valence-electron chi connectivity index (χ2n) is 7.91. The highest BCUT2D eigenvalue weighted by Gasteiger charge is 2.40. The van der Waals surface area contributed by atoms with E-state index in [4.69, 9.17) is 4.74 Å². The molecule has 1 aromatic carbocycles. The van der Waals surface area contributed by atoms with Gasteiger partial charge < -0.3 is 4.74 Å². The van der Waals surface area contributed by atoms with E-state index in [0.29, 0.717) is 5.41 Å². The Bertz CT molecular complexity index is 693. The standard InChI is InChI=1S/C22H29N3O/c1-26-21-7-5-19(6-8-21)16-25-15-11-22(18-25)9-13-24(14-10-22)17-20-4-2-3-12-23-20/h2-8,12H,9-11,13-18H2,1H3. The summed E-state index contributed by atoms with van der Waals surface area (Å²) in [4.78, 5) is 9.68. The van der Waals surface area contributed by atoms with Crippen LogP contribution in [-0.2, 0) is 13.1 Å². The number of pyridine rings is 1. The first kappa shape index (κ1) is 17.5. The zero-order valence-corrected chi connectivity index (χ0v) is 15.7. The predicted octanol–water partition coefficient (Wildman–Crippen LogP) is 3.58. The summed E-state index contributed by atoms with van der Waals surface area (Å²) >= 11 is 0. The number of rotatable bonds is 5. The average molecular weight is 351 g/mol. The van der Waals surface area contributed by atoms with E-state index in [-0.39, 0.29) is 0 Å². The molecule has 2 fully saturated rings. The van der Waals surface area contributed by atoms with E-state index in [1.165, 1.54) is 56.7 Å². The summed E-state index contributed by atoms with van der Waals surface area (Å²) < 4.78 is 5.26. The van der Waals surface area contributed by atoms with Crippen LogP contribution in [-0.4, -0.2) is 48.1 Å². The van der Waals surface area contributed by atoms with Gasteiger partial charge in [-0.2, -0.15) is 0 Å². The van der Waals surface area contributed by atoms with Gasteiger partial charge in [-0.05, 0) is 74.1 Å². The molecule has 0 N–H and O–H groups in total. The van der Waals surface area contributed by atoms with E-state index in [1.54, 1.807) is 7.11 Å². The van der Waals surface area contributed by atoms with Gasteiger partial charge in [0.15, 0.2) is 0 Å². The van der Waals surface area contributed by atoms with Crippen molar-refractivity contribution in [1.82, 2.24) is 14.8 Å². The van der Waals surface area contributed by atoms with Crippen molar-refractivity contribution in [3.63, 3.8) is 0 Å². The van der Waals surface area contributed by atoms with Gasteiger partial charge in [-0.25, -0.2) is 0 Å². The molecule has 0 radical (unpaired) electrons. The van der Waals surface area contributed by atoms with Crippen LogP contribution in [0, 0.1) is 5.41 Å². The molecule has 1 spiro atoms. The Hall–Kier alpha value is -1.91. The Morgan fingerprint density at radius 2 is 1.65 bits per heavy atom. The molecule has 138 valence electrons. The number of hydrogen-bond acceptors (Lipinski definition) is 4. The Morgan fingerprint density at radius 3 is 2.31 bits per heavy atom. The molecule has 0 aliphatic carbocycles. The molecule has 2 aliphatic rings. The number of ether oxygens (including phenoxy) is 1. The van der Waals surface area contributed by atoms with Gasteiger partial charge in [0.25, 0.3) is 0 Å². The van der Waals surface area contributed by atoms with Crippen LogP contribution >= 0.6 is 0 Å². The third-order valence-electron chi connectivity index (χ3n) is 6.11. The third-order valence-corrected chi connectivity index (χ3v) is 6.11. The number of methoxy groups -OCH3 is 1. The molecule has 0 bridgehead atoms. The van der Waals surface area contributed by atoms with Gasteiger partial charge >= 0.3 is 0 Å². The van der Waals surface area contributed by atoms with Crippen LogP contribution in [0.3, 0.4) is 0 Å². The monoisotopic (exact) mass is 351 g/mol. The summed E-state index contributed by atoms with van der Waals surface area (Å²) in [7, 11) is 1.72. The quantitative estimate of drug-likeness (QED) is 0.823. The van der Waals surface area contributed by atoms with Crippen molar-refractivity contribution in [2.75, 3.05) is 33.3 Å². The molecule has 26 heavy (non-hydrogen) atoms. The summed E-state index contributed by atoms with van der Waals surface area (Å²) in [5.74, 6) is 0.937. The number of likely N-dealkylation sites (tertiary alicyclic amines) is 2. The summed E-state index contributed by atoms with van der Waals surface area (Å²) in [5, 5.41) is 0. The molecule has 0 amide bonds. The SMILES string of the molecule is COc1ccc(CN2CCC3(CCN(Cc4ccccn4)CC3)C2)cc1. The fraction of sp³-hybridized carbons (Fsp3) is 0.500. The molecular weight excluding hydrogens is 322 g/mol. The van der Waals surface area contributed by atoms with Crippen LogP contribution in [0.4, 0.5) is 0 Å². The van der Waals surface area contributed by atoms with Crippen molar-refractivity contribution >= 4 is 0 Å². The molecular formula is C22H29N3O. The highest BCUT2D eigenvalue weighted by Crippen LogP contribution is 2.41. The minimum absolute atomic E-state index is 0.535. The second-order valence-corrected chi connectivity index (χ2v) is 7.91. The Labute approximate surface area is 156 Å². The lowest BCUT2D eigenvalue weighted by Crippen LogP contribution is -2.41. The van der Waals surface area contributed by atoms with Crippen molar-refractivity contribution in [1.29, 1.82) is 0 Å². The zero-order valence-electron chi connectivity index (χ0n) is 15.7. The molecule has 4 rings (SSSR count). The summed E-state index contributed by atoms with van der Waals surface area (Å²) in [6.45, 7) is 6.93. The van der Waals surface area contributed by atoms with Crippen molar-refractivity contribution in [2.45, 2.75) is 32.4 Å². The average Bonchev–Trinajstić information content (AvgIpc) is 3.07. The number of nitrogens with zero attached hydrogens (tertiary/aromatic N) is 3. The molecule has 2 aromatic rings. The first-order chi connectivity index (χ1) is 12.7. The molecule has 2 aliphatic heterocycles. The minimum atomic E-state index is 0.535. The van der Waals surface area contributed by atoms with Crippen molar-refractivity contribution in [3.05, 3.63) is 59.9 Å². The lowest BCUT2D eigenvalue weighted by Gasteiger charge is -2.39. The highest BCUT2D eigenvalue weighted by atomic mass is 16.5. The van der Waals surface area contributed by atoms with Gasteiger partial charge in [-0.3, -0.25) is 14.8 Å². The summed E-state index contributed by atoms with van der Waals surface area (Å²) in [5.41, 5.74) is 3.11. The van der Waals surface area contributed by atoms with Crippen molar-refractivity contribution in [2.24, 2.45) is 5.41 Å². The molecule has 3 heterocycles. The lowest BCUT2D eigenvalue weighted by atomic mass is 9.78. The maximum atomic E-state index is 5.26. The van der Waals surface area contributed by atoms with Gasteiger partial charge in [0, 0.05) is 25.8 Å². The van der Waals surface area contributed by atoms with Gasteiger partial charge in [-0.1, -0.05) is 18.2 Å². The number of piperidine rings is 1. The topological polar surface area (TPSA) is 28.6 Å². The van der Waals surface area contributed by atoms with Crippen LogP contribution in [0.25, 0.3) is 0 Å². The number of aromatic nitrogens is 1. The molecule has 0 unspecified atom stereocenters. The smallest absolute Gasteiger partial charge is 0.118 e. The molecule has 2 saturated heterocycles. The van der Waals surface area contributed by atoms with Crippen LogP contribution in [0.5, 0.6) is 5.75 Å². The van der Waals surface area contributed by atoms with Gasteiger partial charge in [0.2, 0.25) is 0 Å². The van der Waals surface area contributed by atoms with E-state index in [1.807, 2.05) is 12.3 Å². The fourth-order valence-electron chi connectivity index (χ4n) is 4.47. The minimum Gasteiger partial charge on any atom is -0.497 e. The van der Waals surface area contributed by atoms with Crippen molar-refractivity contribution < 1.29 is 4.74 Å². The third kappa shape index (κ3) is 4.08. The molecule has 4 nitrogen and oxygen atoms in total. The van der Waals surface area contributed by atoms with Crippen molar-refractivity contribution in [3.8, 4) is 5.75 Å². The Balaban J connectivity index is 1.28. The van der Waals surface area contributed by atoms with Crippen LogP contribution in [0.2, 0.25) is 0 Å². The largest absolute Gasteiger partial charge is 0.497 e. The Kier molecular flexibility index (Phi) is 5.23. The van der Waals surface area contributed by atoms with Gasteiger partial charge in [0.05, 0.1) is 12.8 Å². The molecule has 0 saturated carbocycles. The Morgan fingerprint density at radius 1 is 0.923 bits per heavy atom. The maximum absolute atomic E-state index is 5.26. The fourth-order valence-corrected chi connectivity index (χ4v) is 4.47. The van der Waals surface area contributed by atoms with Crippen LogP contribution in [0.15, 0.2) is 48.7 Å². The lowest BCUT2D eigenvalue weighted by molar-refractivity contribution is 0.101. The molecule has 0 atom stereocenters. The zero-order chi connectivity index (χ0) is 17.8. The van der Waals surface area contributed by atoms with Crippen LogP contribution in [0.1, 0.15) is 30.5 Å². The second kappa shape index (κ2) is 7.77. The summed E-state index contributed by atoms with van der Waals surface area (Å²) in [6, 6.07) is 14.7. The van der Waals surface area contributed by atoms with E-state index < -0.39 is 0 Å². The predicted molar refractivity (Wildman–Crippen MR) is 104 cm³/mol. The van der Waals surface area contributed by atoms with Gasteiger partial charge in [-0.15, -0.1) is 0 Å². The molecule has 4 heteroatoms. The van der Waals surface area contributed by atoms with E-state index in [0.717, 1.165) is 18.8 Å². The highest BCUT2D eigenvalue weighted by molar-refractivity contribution is 5.27. The maximum Gasteiger partial charge on any atom is 0.118 e. The van der Waals surface area contributed by atoms with Crippen LogP contribution < -0.4 is 4.74 Å². The first-order valence-corrected chi connectivity index (χ1v) is 9.72.